The van der Waals surface area contributed by atoms with Crippen LogP contribution in [0.25, 0.3) is 0 Å². The second-order valence-electron chi connectivity index (χ2n) is 3.32. The maximum atomic E-state index is 12.2. The van der Waals surface area contributed by atoms with E-state index in [1.807, 2.05) is 0 Å². The van der Waals surface area contributed by atoms with E-state index in [1.54, 1.807) is 13.0 Å². The van der Waals surface area contributed by atoms with E-state index < -0.39 is 10.0 Å². The van der Waals surface area contributed by atoms with Gasteiger partial charge in [-0.2, -0.15) is 4.31 Å². The molecule has 0 amide bonds. The molecule has 0 radical (unpaired) electrons. The van der Waals surface area contributed by atoms with E-state index >= 15 is 0 Å². The summed E-state index contributed by atoms with van der Waals surface area (Å²) in [5.41, 5.74) is 6.04. The molecule has 92 valence electrons. The van der Waals surface area contributed by atoms with Crippen LogP contribution in [0, 0.1) is 12.3 Å². The van der Waals surface area contributed by atoms with Crippen LogP contribution in [-0.4, -0.2) is 25.8 Å². The van der Waals surface area contributed by atoms with Crippen molar-refractivity contribution in [2.45, 2.75) is 11.8 Å². The van der Waals surface area contributed by atoms with E-state index in [2.05, 4.69) is 21.9 Å². The van der Waals surface area contributed by atoms with Crippen LogP contribution in [-0.2, 0) is 10.0 Å². The molecule has 0 aromatic heterocycles. The number of halogens is 1. The zero-order valence-corrected chi connectivity index (χ0v) is 11.8. The van der Waals surface area contributed by atoms with Crippen molar-refractivity contribution in [3.05, 3.63) is 22.7 Å². The van der Waals surface area contributed by atoms with Crippen molar-refractivity contribution in [1.82, 2.24) is 4.31 Å². The van der Waals surface area contributed by atoms with Crippen LogP contribution >= 0.6 is 15.9 Å². The van der Waals surface area contributed by atoms with Crippen molar-refractivity contribution in [2.24, 2.45) is 0 Å². The van der Waals surface area contributed by atoms with Gasteiger partial charge in [-0.05, 0) is 34.1 Å². The summed E-state index contributed by atoms with van der Waals surface area (Å²) in [5, 5.41) is 0. The summed E-state index contributed by atoms with van der Waals surface area (Å²) >= 11 is 3.22. The molecular formula is C11H13BrN2O2S. The van der Waals surface area contributed by atoms with Crippen LogP contribution in [0.4, 0.5) is 5.69 Å². The lowest BCUT2D eigenvalue weighted by Gasteiger charge is -2.18. The largest absolute Gasteiger partial charge is 0.398 e. The molecule has 1 aromatic rings. The van der Waals surface area contributed by atoms with Gasteiger partial charge in [0.15, 0.2) is 0 Å². The van der Waals surface area contributed by atoms with E-state index in [9.17, 15) is 8.42 Å². The number of nitrogen functional groups attached to an aromatic ring is 1. The van der Waals surface area contributed by atoms with E-state index in [4.69, 9.17) is 12.2 Å². The molecule has 0 aliphatic rings. The van der Waals surface area contributed by atoms with Crippen LogP contribution in [0.5, 0.6) is 0 Å². The first-order chi connectivity index (χ1) is 7.93. The fourth-order valence-electron chi connectivity index (χ4n) is 1.30. The lowest BCUT2D eigenvalue weighted by molar-refractivity contribution is 0.464. The molecule has 0 unspecified atom stereocenters. The first-order valence-corrected chi connectivity index (χ1v) is 7.15. The Morgan fingerprint density at radius 3 is 2.65 bits per heavy atom. The molecule has 1 aromatic carbocycles. The molecule has 6 heteroatoms. The minimum absolute atomic E-state index is 0.0504. The summed E-state index contributed by atoms with van der Waals surface area (Å²) in [6, 6.07) is 4.51. The second kappa shape index (κ2) is 5.54. The van der Waals surface area contributed by atoms with Gasteiger partial charge in [0, 0.05) is 16.7 Å². The molecule has 4 nitrogen and oxygen atoms in total. The van der Waals surface area contributed by atoms with Crippen LogP contribution in [0.3, 0.4) is 0 Å². The van der Waals surface area contributed by atoms with Crippen LogP contribution in [0.15, 0.2) is 27.6 Å². The zero-order chi connectivity index (χ0) is 13.1. The number of sulfonamides is 1. The van der Waals surface area contributed by atoms with Gasteiger partial charge < -0.3 is 5.73 Å². The molecule has 0 spiro atoms. The molecule has 1 rings (SSSR count). The Kier molecular flexibility index (Phi) is 4.57. The number of nitrogens with two attached hydrogens (primary N) is 1. The molecule has 0 saturated carbocycles. The minimum Gasteiger partial charge on any atom is -0.398 e. The lowest BCUT2D eigenvalue weighted by Crippen LogP contribution is -2.31. The third kappa shape index (κ3) is 3.00. The first-order valence-electron chi connectivity index (χ1n) is 4.92. The highest BCUT2D eigenvalue weighted by atomic mass is 79.9. The maximum Gasteiger partial charge on any atom is 0.244 e. The Morgan fingerprint density at radius 1 is 1.53 bits per heavy atom. The van der Waals surface area contributed by atoms with Crippen LogP contribution in [0.1, 0.15) is 6.92 Å². The molecule has 17 heavy (non-hydrogen) atoms. The molecule has 0 saturated heterocycles. The van der Waals surface area contributed by atoms with E-state index in [0.29, 0.717) is 16.7 Å². The highest BCUT2D eigenvalue weighted by molar-refractivity contribution is 9.10. The second-order valence-corrected chi connectivity index (χ2v) is 6.11. The summed E-state index contributed by atoms with van der Waals surface area (Å²) in [4.78, 5) is 0.148. The lowest BCUT2D eigenvalue weighted by atomic mass is 10.3. The third-order valence-corrected chi connectivity index (χ3v) is 4.86. The van der Waals surface area contributed by atoms with E-state index in [0.717, 1.165) is 0 Å². The van der Waals surface area contributed by atoms with Crippen molar-refractivity contribution in [3.8, 4) is 12.3 Å². The average molecular weight is 317 g/mol. The number of hydrogen-bond donors (Lipinski definition) is 1. The molecule has 0 aliphatic heterocycles. The Hall–Kier alpha value is -1.03. The fraction of sp³-hybridized carbons (Fsp3) is 0.273. The quantitative estimate of drug-likeness (QED) is 0.679. The van der Waals surface area contributed by atoms with Gasteiger partial charge >= 0.3 is 0 Å². The predicted molar refractivity (Wildman–Crippen MR) is 71.8 cm³/mol. The number of terminal acetylenes is 1. The van der Waals surface area contributed by atoms with Crippen LogP contribution < -0.4 is 5.73 Å². The average Bonchev–Trinajstić information content (AvgIpc) is 2.29. The van der Waals surface area contributed by atoms with Gasteiger partial charge in [0.1, 0.15) is 0 Å². The molecule has 0 heterocycles. The summed E-state index contributed by atoms with van der Waals surface area (Å²) < 4.78 is 26.2. The van der Waals surface area contributed by atoms with Gasteiger partial charge in [-0.3, -0.25) is 0 Å². The minimum atomic E-state index is -3.56. The smallest absolute Gasteiger partial charge is 0.244 e. The molecule has 2 N–H and O–H groups in total. The van der Waals surface area contributed by atoms with Gasteiger partial charge in [-0.1, -0.05) is 12.8 Å². The monoisotopic (exact) mass is 316 g/mol. The highest BCUT2D eigenvalue weighted by Crippen LogP contribution is 2.24. The molecule has 0 aliphatic carbocycles. The van der Waals surface area contributed by atoms with Gasteiger partial charge in [0.25, 0.3) is 0 Å². The Labute approximate surface area is 110 Å². The molecule has 0 fully saturated rings. The van der Waals surface area contributed by atoms with Crippen molar-refractivity contribution in [2.75, 3.05) is 18.8 Å². The number of rotatable bonds is 4. The van der Waals surface area contributed by atoms with Gasteiger partial charge in [-0.15, -0.1) is 6.42 Å². The standard InChI is InChI=1S/C11H13BrN2O2S/c1-3-7-14(4-2)17(15,16)9-5-6-10(12)11(13)8-9/h1,5-6,8H,4,7,13H2,2H3. The summed E-state index contributed by atoms with van der Waals surface area (Å²) in [6.45, 7) is 2.11. The molecular weight excluding hydrogens is 304 g/mol. The first kappa shape index (κ1) is 14.0. The zero-order valence-electron chi connectivity index (χ0n) is 9.35. The Bertz CT molecular complexity index is 549. The molecule has 0 atom stereocenters. The number of nitrogens with zero attached hydrogens (tertiary/aromatic N) is 1. The summed E-state index contributed by atoms with van der Waals surface area (Å²) in [6.07, 6.45) is 5.15. The van der Waals surface area contributed by atoms with Gasteiger partial charge in [0.2, 0.25) is 10.0 Å². The highest BCUT2D eigenvalue weighted by Gasteiger charge is 2.22. The van der Waals surface area contributed by atoms with Crippen molar-refractivity contribution < 1.29 is 8.42 Å². The maximum absolute atomic E-state index is 12.2. The number of hydrogen-bond acceptors (Lipinski definition) is 3. The van der Waals surface area contributed by atoms with Gasteiger partial charge in [-0.25, -0.2) is 8.42 Å². The van der Waals surface area contributed by atoms with E-state index in [-0.39, 0.29) is 11.4 Å². The third-order valence-electron chi connectivity index (χ3n) is 2.23. The fourth-order valence-corrected chi connectivity index (χ4v) is 2.95. The van der Waals surface area contributed by atoms with Crippen molar-refractivity contribution >= 4 is 31.6 Å². The topological polar surface area (TPSA) is 63.4 Å². The predicted octanol–water partition coefficient (Wildman–Crippen LogP) is 1.68. The molecule has 0 bridgehead atoms. The van der Waals surface area contributed by atoms with Crippen molar-refractivity contribution in [1.29, 1.82) is 0 Å². The summed E-state index contributed by atoms with van der Waals surface area (Å²) in [7, 11) is -3.56. The van der Waals surface area contributed by atoms with Crippen molar-refractivity contribution in [3.63, 3.8) is 0 Å². The number of benzene rings is 1. The summed E-state index contributed by atoms with van der Waals surface area (Å²) in [5.74, 6) is 2.33. The normalized spacial score (nSPS) is 11.4. The van der Waals surface area contributed by atoms with E-state index in [1.165, 1.54) is 16.4 Å². The number of anilines is 1. The SMILES string of the molecule is C#CCN(CC)S(=O)(=O)c1ccc(Br)c(N)c1. The Morgan fingerprint density at radius 2 is 2.18 bits per heavy atom. The van der Waals surface area contributed by atoms with Gasteiger partial charge in [0.05, 0.1) is 11.4 Å². The van der Waals surface area contributed by atoms with Crippen LogP contribution in [0.2, 0.25) is 0 Å². The Balaban J connectivity index is 3.21.